The molecular weight excluding hydrogens is 647 g/mol. The van der Waals surface area contributed by atoms with Gasteiger partial charge >= 0.3 is 12.1 Å². The monoisotopic (exact) mass is 685 g/mol. The van der Waals surface area contributed by atoms with Crippen molar-refractivity contribution in [1.29, 1.82) is 0 Å². The van der Waals surface area contributed by atoms with Gasteiger partial charge in [0.2, 0.25) is 17.9 Å². The number of anilines is 2. The third-order valence-electron chi connectivity index (χ3n) is 9.69. The zero-order valence-corrected chi connectivity index (χ0v) is 27.8. The summed E-state index contributed by atoms with van der Waals surface area (Å²) in [6.45, 7) is 5.73. The Bertz CT molecular complexity index is 2020. The number of aryl methyl sites for hydroxylation is 1. The van der Waals surface area contributed by atoms with Gasteiger partial charge in [-0.1, -0.05) is 48.5 Å². The lowest BCUT2D eigenvalue weighted by atomic mass is 9.76. The minimum atomic E-state index is -4.82. The van der Waals surface area contributed by atoms with E-state index in [-0.39, 0.29) is 40.5 Å². The zero-order valence-electron chi connectivity index (χ0n) is 27.8. The van der Waals surface area contributed by atoms with Gasteiger partial charge in [0.25, 0.3) is 0 Å². The molecule has 3 aromatic carbocycles. The van der Waals surface area contributed by atoms with E-state index in [9.17, 15) is 18.0 Å². The van der Waals surface area contributed by atoms with Crippen LogP contribution in [0.15, 0.2) is 79.0 Å². The Morgan fingerprint density at radius 2 is 1.76 bits per heavy atom. The number of nitrogens with zero attached hydrogens (tertiary/aromatic N) is 5. The van der Waals surface area contributed by atoms with Crippen molar-refractivity contribution >= 4 is 28.5 Å². The zero-order chi connectivity index (χ0) is 35.0. The molecule has 2 aliphatic rings. The second-order valence-corrected chi connectivity index (χ2v) is 13.1. The number of piperidine rings is 1. The first-order valence-corrected chi connectivity index (χ1v) is 16.7. The number of aromatic nitrogens is 4. The van der Waals surface area contributed by atoms with Crippen molar-refractivity contribution in [2.75, 3.05) is 36.9 Å². The van der Waals surface area contributed by atoms with Crippen LogP contribution in [0.2, 0.25) is 0 Å². The highest BCUT2D eigenvalue weighted by atomic mass is 19.4. The molecule has 2 aliphatic heterocycles. The van der Waals surface area contributed by atoms with Crippen LogP contribution in [-0.4, -0.2) is 64.2 Å². The standard InChI is InChI=1S/C37H38F3N7O3/c1-3-49-34(48)29-21-36(22-42-29)13-16-46(17-14-36)31-20-32(44-35(41)43-31)50-33(37(38,39)40)28-11-10-27(19-30(28)47-15-12-23(2)45-47)26-9-8-24-6-4-5-7-25(24)18-26/h4-12,15,18-20,29,33,42H,3,13-14,16-17,21-22H2,1-2H3,(H2,41,43,44)/t29?,33-/m1/s1. The van der Waals surface area contributed by atoms with Crippen molar-refractivity contribution in [1.82, 2.24) is 25.1 Å². The summed E-state index contributed by atoms with van der Waals surface area (Å²) in [6.07, 6.45) is -3.38. The maximum absolute atomic E-state index is 15.0. The molecule has 2 saturated heterocycles. The van der Waals surface area contributed by atoms with Gasteiger partial charge in [-0.3, -0.25) is 4.79 Å². The van der Waals surface area contributed by atoms with Gasteiger partial charge in [0, 0.05) is 37.5 Å². The molecule has 0 amide bonds. The average Bonchev–Trinajstić information content (AvgIpc) is 3.73. The molecule has 10 nitrogen and oxygen atoms in total. The highest BCUT2D eigenvalue weighted by Gasteiger charge is 2.46. The Morgan fingerprint density at radius 1 is 1.02 bits per heavy atom. The normalized spacial score (nSPS) is 18.0. The number of ether oxygens (including phenoxy) is 2. The van der Waals surface area contributed by atoms with E-state index in [0.29, 0.717) is 44.2 Å². The second kappa shape index (κ2) is 13.3. The fourth-order valence-electron chi connectivity index (χ4n) is 7.06. The predicted octanol–water partition coefficient (Wildman–Crippen LogP) is 6.57. The maximum Gasteiger partial charge on any atom is 0.429 e. The Kier molecular flexibility index (Phi) is 8.85. The largest absolute Gasteiger partial charge is 0.465 e. The number of rotatable bonds is 8. The topological polar surface area (TPSA) is 120 Å². The number of nitrogen functional groups attached to an aromatic ring is 1. The van der Waals surface area contributed by atoms with E-state index in [2.05, 4.69) is 20.4 Å². The van der Waals surface area contributed by atoms with E-state index in [1.54, 1.807) is 38.2 Å². The molecule has 2 fully saturated rings. The highest BCUT2D eigenvalue weighted by Crippen LogP contribution is 2.43. The lowest BCUT2D eigenvalue weighted by molar-refractivity contribution is -0.198. The van der Waals surface area contributed by atoms with E-state index in [1.165, 1.54) is 16.8 Å². The number of carbonyl (C=O) groups excluding carboxylic acids is 1. The summed E-state index contributed by atoms with van der Waals surface area (Å²) in [5.74, 6) is -0.351. The number of esters is 1. The maximum atomic E-state index is 15.0. The van der Waals surface area contributed by atoms with Crippen LogP contribution in [0.3, 0.4) is 0 Å². The van der Waals surface area contributed by atoms with Crippen LogP contribution in [0.1, 0.15) is 43.5 Å². The molecule has 2 aromatic heterocycles. The number of fused-ring (bicyclic) bond motifs is 1. The summed E-state index contributed by atoms with van der Waals surface area (Å²) in [5, 5.41) is 9.82. The fourth-order valence-corrected chi connectivity index (χ4v) is 7.06. The first-order valence-electron chi connectivity index (χ1n) is 16.7. The summed E-state index contributed by atoms with van der Waals surface area (Å²) >= 11 is 0. The average molecular weight is 686 g/mol. The van der Waals surface area contributed by atoms with Crippen molar-refractivity contribution in [3.63, 3.8) is 0 Å². The van der Waals surface area contributed by atoms with Crippen molar-refractivity contribution in [2.24, 2.45) is 5.41 Å². The van der Waals surface area contributed by atoms with Gasteiger partial charge in [0.1, 0.15) is 11.9 Å². The lowest BCUT2D eigenvalue weighted by Gasteiger charge is -2.39. The highest BCUT2D eigenvalue weighted by molar-refractivity contribution is 5.87. The number of nitrogens with two attached hydrogens (primary N) is 1. The minimum absolute atomic E-state index is 0.0759. The molecular formula is C37H38F3N7O3. The summed E-state index contributed by atoms with van der Waals surface area (Å²) < 4.78 is 57.3. The van der Waals surface area contributed by atoms with Gasteiger partial charge in [-0.15, -0.1) is 0 Å². The first-order chi connectivity index (χ1) is 24.0. The van der Waals surface area contributed by atoms with Gasteiger partial charge < -0.3 is 25.4 Å². The van der Waals surface area contributed by atoms with Crippen LogP contribution in [0.4, 0.5) is 24.9 Å². The summed E-state index contributed by atoms with van der Waals surface area (Å²) in [6, 6.07) is 21.4. The number of nitrogens with one attached hydrogen (secondary N) is 1. The Balaban J connectivity index is 1.17. The quantitative estimate of drug-likeness (QED) is 0.175. The Hall–Kier alpha value is -5.17. The molecule has 3 N–H and O–H groups in total. The van der Waals surface area contributed by atoms with Crippen molar-refractivity contribution in [2.45, 2.75) is 51.4 Å². The molecule has 5 aromatic rings. The van der Waals surface area contributed by atoms with Crippen LogP contribution in [-0.2, 0) is 9.53 Å². The molecule has 0 radical (unpaired) electrons. The fraction of sp³-hybridized carbons (Fsp3) is 0.351. The number of hydrogen-bond acceptors (Lipinski definition) is 9. The van der Waals surface area contributed by atoms with Crippen LogP contribution >= 0.6 is 0 Å². The SMILES string of the molecule is CCOC(=O)C1CC2(CCN(c3cc(O[C@H](c4ccc(-c5ccc6ccccc6c5)cc4-n4ccc(C)n4)C(F)(F)F)nc(N)n3)CC2)CN1. The van der Waals surface area contributed by atoms with Gasteiger partial charge in [-0.05, 0) is 78.6 Å². The van der Waals surface area contributed by atoms with Crippen LogP contribution in [0.25, 0.3) is 27.6 Å². The van der Waals surface area contributed by atoms with Crippen molar-refractivity contribution in [3.05, 3.63) is 90.3 Å². The first kappa shape index (κ1) is 33.3. The smallest absolute Gasteiger partial charge is 0.429 e. The van der Waals surface area contributed by atoms with Gasteiger partial charge in [0.05, 0.1) is 18.0 Å². The van der Waals surface area contributed by atoms with Crippen molar-refractivity contribution < 1.29 is 27.4 Å². The lowest BCUT2D eigenvalue weighted by Crippen LogP contribution is -2.41. The molecule has 0 bridgehead atoms. The van der Waals surface area contributed by atoms with E-state index >= 15 is 0 Å². The van der Waals surface area contributed by atoms with Crippen LogP contribution < -0.4 is 20.7 Å². The molecule has 50 heavy (non-hydrogen) atoms. The van der Waals surface area contributed by atoms with E-state index in [0.717, 1.165) is 34.7 Å². The summed E-state index contributed by atoms with van der Waals surface area (Å²) in [4.78, 5) is 22.7. The second-order valence-electron chi connectivity index (χ2n) is 13.1. The van der Waals surface area contributed by atoms with E-state index in [4.69, 9.17) is 15.2 Å². The predicted molar refractivity (Wildman–Crippen MR) is 184 cm³/mol. The Morgan fingerprint density at radius 3 is 2.48 bits per heavy atom. The van der Waals surface area contributed by atoms with Crippen LogP contribution in [0, 0.1) is 12.3 Å². The summed E-state index contributed by atoms with van der Waals surface area (Å²) in [5.41, 5.74) is 8.29. The van der Waals surface area contributed by atoms with E-state index in [1.807, 2.05) is 47.4 Å². The molecule has 260 valence electrons. The number of benzene rings is 3. The molecule has 1 spiro atoms. The molecule has 4 heterocycles. The molecule has 2 atom stereocenters. The number of alkyl halides is 3. The van der Waals surface area contributed by atoms with Gasteiger partial charge in [-0.25, -0.2) is 4.68 Å². The molecule has 0 saturated carbocycles. The molecule has 13 heteroatoms. The molecule has 0 aliphatic carbocycles. The third-order valence-corrected chi connectivity index (χ3v) is 9.69. The third kappa shape index (κ3) is 6.82. The van der Waals surface area contributed by atoms with Crippen molar-refractivity contribution in [3.8, 4) is 22.7 Å². The minimum Gasteiger partial charge on any atom is -0.465 e. The number of hydrogen-bond donors (Lipinski definition) is 2. The number of carbonyl (C=O) groups is 1. The number of halogens is 3. The van der Waals surface area contributed by atoms with Gasteiger partial charge in [-0.2, -0.15) is 28.2 Å². The Labute approximate surface area is 287 Å². The molecule has 7 rings (SSSR count). The summed E-state index contributed by atoms with van der Waals surface area (Å²) in [7, 11) is 0. The van der Waals surface area contributed by atoms with Crippen LogP contribution in [0.5, 0.6) is 5.88 Å². The van der Waals surface area contributed by atoms with Gasteiger partial charge in [0.15, 0.2) is 0 Å². The molecule has 1 unspecified atom stereocenters. The van der Waals surface area contributed by atoms with E-state index < -0.39 is 12.3 Å².